The van der Waals surface area contributed by atoms with Gasteiger partial charge in [0.2, 0.25) is 0 Å². The molecule has 0 saturated carbocycles. The summed E-state index contributed by atoms with van der Waals surface area (Å²) in [5.41, 5.74) is 2.82. The lowest BCUT2D eigenvalue weighted by Gasteiger charge is -2.36. The van der Waals surface area contributed by atoms with Crippen molar-refractivity contribution < 1.29 is 9.53 Å². The Bertz CT molecular complexity index is 402. The van der Waals surface area contributed by atoms with Gasteiger partial charge in [0.25, 0.3) is 0 Å². The number of hydrogen-bond acceptors (Lipinski definition) is 3. The number of rotatable bonds is 2. The van der Waals surface area contributed by atoms with Crippen molar-refractivity contribution in [3.05, 3.63) is 11.1 Å². The quantitative estimate of drug-likeness (QED) is 0.732. The fraction of sp³-hybridized carbons (Fsp3) is 0.824. The normalized spacial score (nSPS) is 21.6. The zero-order valence-electron chi connectivity index (χ0n) is 14.1. The molecule has 1 heterocycles. The van der Waals surface area contributed by atoms with Gasteiger partial charge in [0, 0.05) is 32.7 Å². The van der Waals surface area contributed by atoms with Gasteiger partial charge in [-0.1, -0.05) is 11.1 Å². The molecule has 0 N–H and O–H groups in total. The van der Waals surface area contributed by atoms with E-state index in [0.717, 1.165) is 32.7 Å². The molecule has 1 aliphatic heterocycles. The first-order chi connectivity index (χ1) is 9.85. The first-order valence-corrected chi connectivity index (χ1v) is 8.23. The molecular weight excluding hydrogens is 264 g/mol. The van der Waals surface area contributed by atoms with Crippen molar-refractivity contribution in [3.63, 3.8) is 0 Å². The molecule has 4 nitrogen and oxygen atoms in total. The second kappa shape index (κ2) is 6.82. The summed E-state index contributed by atoms with van der Waals surface area (Å²) in [7, 11) is 0. The molecule has 0 radical (unpaired) electrons. The van der Waals surface area contributed by atoms with E-state index in [0.29, 0.717) is 0 Å². The van der Waals surface area contributed by atoms with Crippen molar-refractivity contribution in [1.29, 1.82) is 0 Å². The average molecular weight is 294 g/mol. The third kappa shape index (κ3) is 5.03. The topological polar surface area (TPSA) is 32.8 Å². The van der Waals surface area contributed by atoms with E-state index in [4.69, 9.17) is 4.74 Å². The highest BCUT2D eigenvalue weighted by Gasteiger charge is 2.26. The molecule has 1 fully saturated rings. The summed E-state index contributed by atoms with van der Waals surface area (Å²) in [5, 5.41) is 0. The maximum absolute atomic E-state index is 12.0. The van der Waals surface area contributed by atoms with Crippen LogP contribution in [0.1, 0.15) is 53.4 Å². The first kappa shape index (κ1) is 16.3. The van der Waals surface area contributed by atoms with Crippen LogP contribution < -0.4 is 0 Å². The molecule has 1 saturated heterocycles. The van der Waals surface area contributed by atoms with Gasteiger partial charge in [0.05, 0.1) is 0 Å². The molecule has 4 heteroatoms. The Morgan fingerprint density at radius 1 is 1.10 bits per heavy atom. The van der Waals surface area contributed by atoms with E-state index in [-0.39, 0.29) is 6.09 Å². The highest BCUT2D eigenvalue weighted by Crippen LogP contribution is 2.25. The Labute approximate surface area is 129 Å². The minimum atomic E-state index is -0.405. The van der Waals surface area contributed by atoms with E-state index in [9.17, 15) is 4.79 Å². The molecule has 21 heavy (non-hydrogen) atoms. The molecule has 2 rings (SSSR count). The summed E-state index contributed by atoms with van der Waals surface area (Å²) >= 11 is 0. The average Bonchev–Trinajstić information content (AvgIpc) is 2.40. The summed E-state index contributed by atoms with van der Waals surface area (Å²) in [4.78, 5) is 16.4. The van der Waals surface area contributed by atoms with Gasteiger partial charge in [-0.05, 0) is 53.4 Å². The minimum absolute atomic E-state index is 0.171. The molecule has 0 unspecified atom stereocenters. The number of carbonyl (C=O) groups is 1. The lowest BCUT2D eigenvalue weighted by molar-refractivity contribution is 0.0151. The first-order valence-electron chi connectivity index (χ1n) is 8.23. The van der Waals surface area contributed by atoms with Crippen LogP contribution in [0, 0.1) is 0 Å². The third-order valence-electron chi connectivity index (χ3n) is 4.32. The molecule has 0 spiro atoms. The van der Waals surface area contributed by atoms with Crippen molar-refractivity contribution >= 4 is 6.09 Å². The van der Waals surface area contributed by atoms with Crippen LogP contribution in [-0.4, -0.2) is 54.2 Å². The van der Waals surface area contributed by atoms with Crippen molar-refractivity contribution in [2.45, 2.75) is 59.0 Å². The molecule has 1 aliphatic carbocycles. The Balaban J connectivity index is 1.79. The van der Waals surface area contributed by atoms with Crippen LogP contribution in [-0.2, 0) is 4.74 Å². The summed E-state index contributed by atoms with van der Waals surface area (Å²) in [6, 6.07) is 0. The van der Waals surface area contributed by atoms with E-state index in [1.807, 2.05) is 25.7 Å². The van der Waals surface area contributed by atoms with Crippen molar-refractivity contribution in [1.82, 2.24) is 9.80 Å². The van der Waals surface area contributed by atoms with Crippen LogP contribution in [0.3, 0.4) is 0 Å². The summed E-state index contributed by atoms with van der Waals surface area (Å²) < 4.78 is 5.44. The highest BCUT2D eigenvalue weighted by molar-refractivity contribution is 5.68. The van der Waals surface area contributed by atoms with E-state index < -0.39 is 5.60 Å². The smallest absolute Gasteiger partial charge is 0.410 e. The van der Waals surface area contributed by atoms with Gasteiger partial charge in [-0.3, -0.25) is 4.90 Å². The number of nitrogens with zero attached hydrogens (tertiary/aromatic N) is 2. The zero-order chi connectivity index (χ0) is 15.5. The Morgan fingerprint density at radius 3 is 2.29 bits per heavy atom. The summed E-state index contributed by atoms with van der Waals surface area (Å²) in [5.74, 6) is 0. The van der Waals surface area contributed by atoms with Gasteiger partial charge in [0.1, 0.15) is 5.60 Å². The molecule has 0 bridgehead atoms. The zero-order valence-corrected chi connectivity index (χ0v) is 14.1. The maximum Gasteiger partial charge on any atom is 0.410 e. The van der Waals surface area contributed by atoms with Crippen LogP contribution in [0.15, 0.2) is 11.1 Å². The molecule has 120 valence electrons. The van der Waals surface area contributed by atoms with Gasteiger partial charge in [-0.2, -0.15) is 0 Å². The number of carbonyl (C=O) groups excluding carboxylic acids is 1. The Morgan fingerprint density at radius 2 is 1.71 bits per heavy atom. The fourth-order valence-corrected chi connectivity index (χ4v) is 3.02. The van der Waals surface area contributed by atoms with Gasteiger partial charge in [0.15, 0.2) is 0 Å². The molecular formula is C17H30N2O2. The molecule has 0 aromatic rings. The van der Waals surface area contributed by atoms with Crippen LogP contribution in [0.5, 0.6) is 0 Å². The van der Waals surface area contributed by atoms with Crippen molar-refractivity contribution in [2.24, 2.45) is 0 Å². The predicted molar refractivity (Wildman–Crippen MR) is 85.4 cm³/mol. The number of allylic oxidation sites excluding steroid dienone is 1. The van der Waals surface area contributed by atoms with Crippen molar-refractivity contribution in [2.75, 3.05) is 32.7 Å². The number of piperazine rings is 1. The second-order valence-electron chi connectivity index (χ2n) is 7.33. The number of amides is 1. The van der Waals surface area contributed by atoms with Gasteiger partial charge >= 0.3 is 6.09 Å². The Hall–Kier alpha value is -1.03. The van der Waals surface area contributed by atoms with Gasteiger partial charge in [-0.15, -0.1) is 0 Å². The molecule has 2 aliphatic rings. The molecule has 0 aromatic carbocycles. The van der Waals surface area contributed by atoms with E-state index in [1.165, 1.54) is 25.7 Å². The summed E-state index contributed by atoms with van der Waals surface area (Å²) in [6.45, 7) is 12.6. The van der Waals surface area contributed by atoms with Crippen LogP contribution in [0.4, 0.5) is 4.79 Å². The van der Waals surface area contributed by atoms with Crippen molar-refractivity contribution in [3.8, 4) is 0 Å². The molecule has 0 atom stereocenters. The fourth-order valence-electron chi connectivity index (χ4n) is 3.02. The highest BCUT2D eigenvalue weighted by atomic mass is 16.6. The standard InChI is InChI=1S/C17H30N2O2/c1-14-7-5-6-8-15(14)13-18-9-11-19(12-10-18)16(20)21-17(2,3)4/h5-13H2,1-4H3. The molecule has 1 amide bonds. The largest absolute Gasteiger partial charge is 0.444 e. The van der Waals surface area contributed by atoms with E-state index >= 15 is 0 Å². The predicted octanol–water partition coefficient (Wildman–Crippen LogP) is 3.43. The van der Waals surface area contributed by atoms with Crippen LogP contribution in [0.25, 0.3) is 0 Å². The SMILES string of the molecule is CC1=C(CN2CCN(C(=O)OC(C)(C)C)CC2)CCCC1. The molecule has 0 aromatic heterocycles. The van der Waals surface area contributed by atoms with E-state index in [1.54, 1.807) is 11.1 Å². The second-order valence-corrected chi connectivity index (χ2v) is 7.33. The van der Waals surface area contributed by atoms with Crippen LogP contribution >= 0.6 is 0 Å². The number of ether oxygens (including phenoxy) is 1. The maximum atomic E-state index is 12.0. The lowest BCUT2D eigenvalue weighted by atomic mass is 9.92. The third-order valence-corrected chi connectivity index (χ3v) is 4.32. The van der Waals surface area contributed by atoms with Gasteiger partial charge < -0.3 is 9.64 Å². The summed E-state index contributed by atoms with van der Waals surface area (Å²) in [6.07, 6.45) is 5.05. The Kier molecular flexibility index (Phi) is 5.31. The lowest BCUT2D eigenvalue weighted by Crippen LogP contribution is -2.50. The monoisotopic (exact) mass is 294 g/mol. The minimum Gasteiger partial charge on any atom is -0.444 e. The number of hydrogen-bond donors (Lipinski definition) is 0. The van der Waals surface area contributed by atoms with Gasteiger partial charge in [-0.25, -0.2) is 4.79 Å². The van der Waals surface area contributed by atoms with Crippen LogP contribution in [0.2, 0.25) is 0 Å². The van der Waals surface area contributed by atoms with E-state index in [2.05, 4.69) is 11.8 Å².